The molecule has 0 aromatic rings. The maximum Gasteiger partial charge on any atom is 0.350 e. The molecule has 0 aromatic carbocycles. The van der Waals surface area contributed by atoms with E-state index < -0.39 is 30.6 Å². The molecule has 14 heavy (non-hydrogen) atoms. The molecule has 0 aliphatic carbocycles. The molecule has 0 fully saturated rings. The average Bonchev–Trinajstić information content (AvgIpc) is 2.23. The van der Waals surface area contributed by atoms with Gasteiger partial charge in [0.25, 0.3) is 5.60 Å². The summed E-state index contributed by atoms with van der Waals surface area (Å²) in [7, 11) is 3.28. The lowest BCUT2D eigenvalue weighted by Gasteiger charge is -2.25. The summed E-state index contributed by atoms with van der Waals surface area (Å²) in [5.74, 6) is -1.94. The summed E-state index contributed by atoms with van der Waals surface area (Å²) in [4.78, 5) is 22.5. The van der Waals surface area contributed by atoms with Crippen LogP contribution in [0, 0.1) is 0 Å². The quantitative estimate of drug-likeness (QED) is 0.473. The van der Waals surface area contributed by atoms with Gasteiger partial charge in [0.05, 0.1) is 20.9 Å². The van der Waals surface area contributed by atoms with Crippen LogP contribution in [0.25, 0.3) is 0 Å². The van der Waals surface area contributed by atoms with E-state index in [1.807, 2.05) is 0 Å². The van der Waals surface area contributed by atoms with Crippen molar-refractivity contribution in [3.8, 4) is 0 Å². The van der Waals surface area contributed by atoms with Crippen molar-refractivity contribution in [1.82, 2.24) is 0 Å². The fraction of sp³-hybridized carbons (Fsp3) is 0.750. The number of methoxy groups -OCH3 is 3. The van der Waals surface area contributed by atoms with E-state index in [-0.39, 0.29) is 0 Å². The second-order valence-corrected chi connectivity index (χ2v) is 2.45. The zero-order chi connectivity index (χ0) is 11.2. The van der Waals surface area contributed by atoms with E-state index in [0.29, 0.717) is 0 Å². The van der Waals surface area contributed by atoms with E-state index in [9.17, 15) is 14.0 Å². The molecule has 0 amide bonds. The number of carbonyl (C=O) groups excluding carboxylic acids is 2. The van der Waals surface area contributed by atoms with Crippen LogP contribution in [-0.2, 0) is 23.8 Å². The van der Waals surface area contributed by atoms with Gasteiger partial charge in [0.2, 0.25) is 0 Å². The summed E-state index contributed by atoms with van der Waals surface area (Å²) in [6.07, 6.45) is -0.428. The Labute approximate surface area is 81.1 Å². The first-order valence-corrected chi connectivity index (χ1v) is 3.87. The van der Waals surface area contributed by atoms with Crippen LogP contribution in [0.2, 0.25) is 0 Å². The third kappa shape index (κ3) is 2.20. The molecule has 0 radical (unpaired) electrons. The number of ether oxygens (including phenoxy) is 3. The number of hydrogen-bond acceptors (Lipinski definition) is 5. The van der Waals surface area contributed by atoms with Crippen LogP contribution in [0.15, 0.2) is 0 Å². The molecule has 0 bridgehead atoms. The Bertz CT molecular complexity index is 200. The Morgan fingerprint density at radius 1 is 1.14 bits per heavy atom. The van der Waals surface area contributed by atoms with Gasteiger partial charge in [0, 0.05) is 13.5 Å². The number of rotatable bonds is 5. The van der Waals surface area contributed by atoms with Crippen LogP contribution >= 0.6 is 0 Å². The van der Waals surface area contributed by atoms with Gasteiger partial charge in [-0.05, 0) is 0 Å². The summed E-state index contributed by atoms with van der Waals surface area (Å²) in [5, 5.41) is 0. The van der Waals surface area contributed by atoms with E-state index in [1.165, 1.54) is 0 Å². The highest BCUT2D eigenvalue weighted by Crippen LogP contribution is 2.19. The molecule has 0 saturated heterocycles. The molecule has 0 N–H and O–H groups in total. The number of esters is 2. The second kappa shape index (κ2) is 5.54. The molecule has 0 saturated carbocycles. The van der Waals surface area contributed by atoms with Crippen LogP contribution in [0.1, 0.15) is 6.42 Å². The van der Waals surface area contributed by atoms with Gasteiger partial charge in [0.15, 0.2) is 0 Å². The first-order chi connectivity index (χ1) is 6.58. The van der Waals surface area contributed by atoms with E-state index >= 15 is 0 Å². The normalized spacial score (nSPS) is 10.9. The van der Waals surface area contributed by atoms with E-state index in [4.69, 9.17) is 4.74 Å². The fourth-order valence-corrected chi connectivity index (χ4v) is 1.02. The van der Waals surface area contributed by atoms with Gasteiger partial charge in [-0.25, -0.2) is 9.59 Å². The Balaban J connectivity index is 4.96. The fourth-order valence-electron chi connectivity index (χ4n) is 1.02. The largest absolute Gasteiger partial charge is 0.466 e. The topological polar surface area (TPSA) is 61.8 Å². The molecular formula is C8H13FO5. The molecule has 0 unspecified atom stereocenters. The number of carbonyl (C=O) groups is 2. The monoisotopic (exact) mass is 208 g/mol. The number of alkyl halides is 1. The SMILES string of the molecule is COC(=O)C(CCF)(OC)C(=O)OC. The molecule has 0 heterocycles. The molecule has 0 rings (SSSR count). The van der Waals surface area contributed by atoms with Gasteiger partial charge < -0.3 is 14.2 Å². The lowest BCUT2D eigenvalue weighted by Crippen LogP contribution is -2.50. The highest BCUT2D eigenvalue weighted by atomic mass is 19.1. The Hall–Kier alpha value is -1.17. The lowest BCUT2D eigenvalue weighted by molar-refractivity contribution is -0.185. The van der Waals surface area contributed by atoms with Crippen molar-refractivity contribution < 1.29 is 28.2 Å². The van der Waals surface area contributed by atoms with E-state index in [2.05, 4.69) is 9.47 Å². The maximum atomic E-state index is 12.2. The van der Waals surface area contributed by atoms with Crippen molar-refractivity contribution in [2.75, 3.05) is 28.0 Å². The minimum absolute atomic E-state index is 0.428. The predicted molar refractivity (Wildman–Crippen MR) is 44.4 cm³/mol. The van der Waals surface area contributed by atoms with Crippen LogP contribution in [0.5, 0.6) is 0 Å². The summed E-state index contributed by atoms with van der Waals surface area (Å²) in [5.41, 5.74) is -1.99. The van der Waals surface area contributed by atoms with Crippen molar-refractivity contribution in [3.63, 3.8) is 0 Å². The molecule has 0 aliphatic heterocycles. The van der Waals surface area contributed by atoms with Crippen molar-refractivity contribution in [3.05, 3.63) is 0 Å². The van der Waals surface area contributed by atoms with Crippen molar-refractivity contribution in [2.45, 2.75) is 12.0 Å². The zero-order valence-corrected chi connectivity index (χ0v) is 8.33. The molecule has 5 nitrogen and oxygen atoms in total. The predicted octanol–water partition coefficient (Wildman–Crippen LogP) is 0.0772. The highest BCUT2D eigenvalue weighted by molar-refractivity contribution is 6.03. The van der Waals surface area contributed by atoms with Gasteiger partial charge in [-0.1, -0.05) is 0 Å². The van der Waals surface area contributed by atoms with Crippen LogP contribution < -0.4 is 0 Å². The number of hydrogen-bond donors (Lipinski definition) is 0. The minimum atomic E-state index is -1.99. The summed E-state index contributed by atoms with van der Waals surface area (Å²) < 4.78 is 25.6. The molecular weight excluding hydrogens is 195 g/mol. The summed E-state index contributed by atoms with van der Waals surface area (Å²) >= 11 is 0. The molecule has 0 spiro atoms. The molecule has 82 valence electrons. The highest BCUT2D eigenvalue weighted by Gasteiger charge is 2.48. The third-order valence-corrected chi connectivity index (χ3v) is 1.83. The second-order valence-electron chi connectivity index (χ2n) is 2.45. The molecule has 6 heteroatoms. The zero-order valence-electron chi connectivity index (χ0n) is 8.33. The van der Waals surface area contributed by atoms with Gasteiger partial charge in [0.1, 0.15) is 0 Å². The van der Waals surface area contributed by atoms with Gasteiger partial charge in [-0.3, -0.25) is 4.39 Å². The first-order valence-electron chi connectivity index (χ1n) is 3.87. The minimum Gasteiger partial charge on any atom is -0.466 e. The maximum absolute atomic E-state index is 12.2. The van der Waals surface area contributed by atoms with Crippen molar-refractivity contribution in [1.29, 1.82) is 0 Å². The Morgan fingerprint density at radius 3 is 1.79 bits per heavy atom. The summed E-state index contributed by atoms with van der Waals surface area (Å²) in [6, 6.07) is 0. The summed E-state index contributed by atoms with van der Waals surface area (Å²) in [6.45, 7) is -0.891. The van der Waals surface area contributed by atoms with E-state index in [1.54, 1.807) is 0 Å². The molecule has 0 aliphatic rings. The molecule has 0 atom stereocenters. The average molecular weight is 208 g/mol. The van der Waals surface area contributed by atoms with Crippen molar-refractivity contribution in [2.24, 2.45) is 0 Å². The van der Waals surface area contributed by atoms with Crippen LogP contribution in [-0.4, -0.2) is 45.5 Å². The van der Waals surface area contributed by atoms with E-state index in [0.717, 1.165) is 21.3 Å². The molecule has 0 aromatic heterocycles. The van der Waals surface area contributed by atoms with Crippen LogP contribution in [0.3, 0.4) is 0 Å². The van der Waals surface area contributed by atoms with Gasteiger partial charge in [-0.15, -0.1) is 0 Å². The number of halogens is 1. The standard InChI is InChI=1S/C8H13FO5/c1-12-6(10)8(14-3,4-5-9)7(11)13-2/h4-5H2,1-3H3. The Kier molecular flexibility index (Phi) is 5.07. The Morgan fingerprint density at radius 2 is 1.57 bits per heavy atom. The smallest absolute Gasteiger partial charge is 0.350 e. The van der Waals surface area contributed by atoms with Crippen LogP contribution in [0.4, 0.5) is 4.39 Å². The first kappa shape index (κ1) is 12.8. The van der Waals surface area contributed by atoms with Gasteiger partial charge >= 0.3 is 11.9 Å². The van der Waals surface area contributed by atoms with Crippen molar-refractivity contribution >= 4 is 11.9 Å². The lowest BCUT2D eigenvalue weighted by atomic mass is 10.0. The third-order valence-electron chi connectivity index (χ3n) is 1.83. The van der Waals surface area contributed by atoms with Gasteiger partial charge in [-0.2, -0.15) is 0 Å².